The lowest BCUT2D eigenvalue weighted by atomic mass is 10.3. The van der Waals surface area contributed by atoms with E-state index in [1.165, 1.54) is 12.1 Å². The molecule has 20 heavy (non-hydrogen) atoms. The highest BCUT2D eigenvalue weighted by atomic mass is 35.7. The Hall–Kier alpha value is -0.820. The molecule has 1 heterocycles. The Morgan fingerprint density at radius 2 is 2.00 bits per heavy atom. The maximum atomic E-state index is 13.5. The Kier molecular flexibility index (Phi) is 4.30. The molecule has 0 aliphatic heterocycles. The Labute approximate surface area is 129 Å². The molecule has 0 atom stereocenters. The van der Waals surface area contributed by atoms with Gasteiger partial charge in [-0.1, -0.05) is 30.1 Å². The monoisotopic (exact) mass is 356 g/mol. The van der Waals surface area contributed by atoms with Crippen molar-refractivity contribution in [2.75, 3.05) is 0 Å². The molecule has 0 N–H and O–H groups in total. The van der Waals surface area contributed by atoms with Gasteiger partial charge >= 0.3 is 0 Å². The molecule has 4 nitrogen and oxygen atoms in total. The van der Waals surface area contributed by atoms with Crippen LogP contribution in [0, 0.1) is 5.82 Å². The normalized spacial score (nSPS) is 11.8. The second-order valence-electron chi connectivity index (χ2n) is 3.87. The number of nitrogens with zero attached hydrogens (tertiary/aromatic N) is 2. The molecule has 0 bridgehead atoms. The lowest BCUT2D eigenvalue weighted by molar-refractivity contribution is 0.608. The van der Waals surface area contributed by atoms with Gasteiger partial charge in [0.15, 0.2) is 5.15 Å². The third-order valence-electron chi connectivity index (χ3n) is 2.58. The number of rotatable bonds is 3. The average Bonchev–Trinajstić information content (AvgIpc) is 2.69. The molecule has 0 aliphatic rings. The zero-order chi connectivity index (χ0) is 15.1. The van der Waals surface area contributed by atoms with Crippen molar-refractivity contribution in [3.63, 3.8) is 0 Å². The van der Waals surface area contributed by atoms with Crippen molar-refractivity contribution >= 4 is 42.9 Å². The summed E-state index contributed by atoms with van der Waals surface area (Å²) in [5.41, 5.74) is 0.457. The summed E-state index contributed by atoms with van der Waals surface area (Å²) in [5.74, 6) is -0.663. The van der Waals surface area contributed by atoms with Gasteiger partial charge in [-0.2, -0.15) is 5.10 Å². The van der Waals surface area contributed by atoms with E-state index in [-0.39, 0.29) is 26.5 Å². The van der Waals surface area contributed by atoms with Crippen LogP contribution in [0.1, 0.15) is 12.6 Å². The van der Waals surface area contributed by atoms with Gasteiger partial charge in [-0.15, -0.1) is 0 Å². The number of aryl methyl sites for hydroxylation is 1. The van der Waals surface area contributed by atoms with Crippen LogP contribution in [0.15, 0.2) is 23.1 Å². The third-order valence-corrected chi connectivity index (χ3v) is 4.73. The minimum absolute atomic E-state index is 0.0575. The molecule has 1 aromatic heterocycles. The van der Waals surface area contributed by atoms with E-state index in [1.54, 1.807) is 6.92 Å². The minimum atomic E-state index is -4.04. The maximum Gasteiger partial charge on any atom is 0.266 e. The Morgan fingerprint density at radius 3 is 2.45 bits per heavy atom. The number of aromatic nitrogens is 2. The van der Waals surface area contributed by atoms with Gasteiger partial charge in [0.1, 0.15) is 10.7 Å². The first-order valence-corrected chi connectivity index (χ1v) is 8.49. The molecule has 2 aromatic rings. The van der Waals surface area contributed by atoms with Crippen LogP contribution in [0.4, 0.5) is 4.39 Å². The zero-order valence-electron chi connectivity index (χ0n) is 10.1. The molecule has 0 fully saturated rings. The van der Waals surface area contributed by atoms with Gasteiger partial charge in [-0.25, -0.2) is 17.5 Å². The Morgan fingerprint density at radius 1 is 1.35 bits per heavy atom. The smallest absolute Gasteiger partial charge is 0.220 e. The van der Waals surface area contributed by atoms with Gasteiger partial charge in [0.2, 0.25) is 0 Å². The molecule has 0 aliphatic carbocycles. The maximum absolute atomic E-state index is 13.5. The van der Waals surface area contributed by atoms with Crippen LogP contribution < -0.4 is 0 Å². The predicted molar refractivity (Wildman–Crippen MR) is 76.0 cm³/mol. The van der Waals surface area contributed by atoms with E-state index in [0.29, 0.717) is 6.42 Å². The lowest BCUT2D eigenvalue weighted by Gasteiger charge is -2.04. The molecule has 9 heteroatoms. The first-order valence-electron chi connectivity index (χ1n) is 5.43. The number of hydrogen-bond acceptors (Lipinski definition) is 3. The fourth-order valence-electron chi connectivity index (χ4n) is 1.69. The van der Waals surface area contributed by atoms with Gasteiger partial charge in [0.05, 0.1) is 16.4 Å². The summed E-state index contributed by atoms with van der Waals surface area (Å²) in [5, 5.41) is 3.79. The van der Waals surface area contributed by atoms with Gasteiger partial charge in [-0.3, -0.25) is 0 Å². The molecule has 0 saturated carbocycles. The highest BCUT2D eigenvalue weighted by Gasteiger charge is 2.26. The van der Waals surface area contributed by atoms with E-state index in [2.05, 4.69) is 5.10 Å². The van der Waals surface area contributed by atoms with Crippen molar-refractivity contribution in [1.82, 2.24) is 9.78 Å². The summed E-state index contributed by atoms with van der Waals surface area (Å²) in [6.45, 7) is 1.71. The largest absolute Gasteiger partial charge is 0.266 e. The van der Waals surface area contributed by atoms with Gasteiger partial charge in [-0.05, 0) is 18.6 Å². The first-order chi connectivity index (χ1) is 9.25. The van der Waals surface area contributed by atoms with E-state index in [4.69, 9.17) is 33.9 Å². The molecule has 2 rings (SSSR count). The molecule has 0 unspecified atom stereocenters. The molecule has 0 amide bonds. The van der Waals surface area contributed by atoms with Crippen molar-refractivity contribution < 1.29 is 12.8 Å². The SMILES string of the molecule is CCc1nn(-c2ccc(Cl)c(F)c2)c(Cl)c1S(=O)(=O)Cl. The summed E-state index contributed by atoms with van der Waals surface area (Å²) in [6, 6.07) is 3.89. The van der Waals surface area contributed by atoms with Crippen molar-refractivity contribution in [2.45, 2.75) is 18.2 Å². The van der Waals surface area contributed by atoms with E-state index in [9.17, 15) is 12.8 Å². The van der Waals surface area contributed by atoms with Gasteiger partial charge in [0, 0.05) is 16.7 Å². The van der Waals surface area contributed by atoms with Crippen molar-refractivity contribution in [3.8, 4) is 5.69 Å². The average molecular weight is 358 g/mol. The van der Waals surface area contributed by atoms with E-state index < -0.39 is 14.9 Å². The second-order valence-corrected chi connectivity index (χ2v) is 7.14. The number of benzene rings is 1. The molecule has 108 valence electrons. The molecule has 1 aromatic carbocycles. The van der Waals surface area contributed by atoms with Crippen LogP contribution in [0.25, 0.3) is 5.69 Å². The minimum Gasteiger partial charge on any atom is -0.220 e. The third kappa shape index (κ3) is 2.79. The van der Waals surface area contributed by atoms with Crippen LogP contribution >= 0.6 is 33.9 Å². The van der Waals surface area contributed by atoms with Crippen molar-refractivity contribution in [3.05, 3.63) is 39.9 Å². The summed E-state index contributed by atoms with van der Waals surface area (Å²) in [6.07, 6.45) is 0.310. The quantitative estimate of drug-likeness (QED) is 0.785. The standard InChI is InChI=1S/C11H8Cl3FN2O2S/c1-2-9-10(20(14,18)19)11(13)17(16-9)6-3-4-7(12)8(15)5-6/h3-5H,2H2,1H3. The molecular weight excluding hydrogens is 350 g/mol. The van der Waals surface area contributed by atoms with E-state index in [0.717, 1.165) is 10.7 Å². The highest BCUT2D eigenvalue weighted by molar-refractivity contribution is 8.13. The summed E-state index contributed by atoms with van der Waals surface area (Å²) in [4.78, 5) is -0.265. The fraction of sp³-hybridized carbons (Fsp3) is 0.182. The fourth-order valence-corrected chi connectivity index (χ4v) is 3.71. The Bertz CT molecular complexity index is 774. The summed E-state index contributed by atoms with van der Waals surface area (Å²) >= 11 is 11.6. The van der Waals surface area contributed by atoms with Crippen LogP contribution in [0.5, 0.6) is 0 Å². The molecule has 0 spiro atoms. The number of halogens is 4. The van der Waals surface area contributed by atoms with E-state index >= 15 is 0 Å². The van der Waals surface area contributed by atoms with Crippen molar-refractivity contribution in [2.24, 2.45) is 0 Å². The topological polar surface area (TPSA) is 52.0 Å². The van der Waals surface area contributed by atoms with Crippen LogP contribution in [0.2, 0.25) is 10.2 Å². The predicted octanol–water partition coefficient (Wildman–Crippen LogP) is 3.81. The van der Waals surface area contributed by atoms with Crippen LogP contribution in [-0.4, -0.2) is 18.2 Å². The van der Waals surface area contributed by atoms with Crippen LogP contribution in [0.3, 0.4) is 0 Å². The van der Waals surface area contributed by atoms with Gasteiger partial charge in [0.25, 0.3) is 9.05 Å². The first kappa shape index (κ1) is 15.6. The summed E-state index contributed by atoms with van der Waals surface area (Å²) in [7, 11) is 1.30. The van der Waals surface area contributed by atoms with Gasteiger partial charge < -0.3 is 0 Å². The molecular formula is C11H8Cl3FN2O2S. The summed E-state index contributed by atoms with van der Waals surface area (Å²) < 4.78 is 37.6. The van der Waals surface area contributed by atoms with Crippen LogP contribution in [-0.2, 0) is 15.5 Å². The number of hydrogen-bond donors (Lipinski definition) is 0. The van der Waals surface area contributed by atoms with E-state index in [1.807, 2.05) is 0 Å². The second kappa shape index (κ2) is 5.52. The lowest BCUT2D eigenvalue weighted by Crippen LogP contribution is -1.98. The zero-order valence-corrected chi connectivity index (χ0v) is 13.2. The highest BCUT2D eigenvalue weighted by Crippen LogP contribution is 2.31. The molecule has 0 radical (unpaired) electrons. The van der Waals surface area contributed by atoms with Crippen molar-refractivity contribution in [1.29, 1.82) is 0 Å². The molecule has 0 saturated heterocycles. The Balaban J connectivity index is 2.70.